The monoisotopic (exact) mass is 1350 g/mol. The molecule has 34 heteroatoms. The number of fused-ring (bicyclic) bond motifs is 5. The van der Waals surface area contributed by atoms with E-state index in [4.69, 9.17) is 52.2 Å². The SMILES string of the molecule is CC(O)C(=O)OCCN1C(=O)C=CC1=O.CNCCCCCNC(=O)OC(CO)COCC12C=CC(COCC(O)COC(C)=O)(O1)C1C(=O)N(CCOC(=O)C(C)O)C(=O)C12.CNCCCCCNC(=O)OC(CO)COCc1ccc(COCC(O)COC(C)=O)o1. The predicted molar refractivity (Wildman–Crippen MR) is 322 cm³/mol. The first-order valence-corrected chi connectivity index (χ1v) is 30.8. The number of furan rings is 1. The molecule has 1 aromatic rings. The molecule has 5 rings (SSSR count). The zero-order valence-electron chi connectivity index (χ0n) is 54.0. The minimum Gasteiger partial charge on any atom is -0.463 e. The van der Waals surface area contributed by atoms with E-state index >= 15 is 0 Å². The Hall–Kier alpha value is -7.06. The van der Waals surface area contributed by atoms with Crippen LogP contribution in [0.2, 0.25) is 0 Å². The number of aliphatic hydroxyl groups is 6. The zero-order chi connectivity index (χ0) is 69.6. The van der Waals surface area contributed by atoms with Crippen molar-refractivity contribution in [1.82, 2.24) is 31.1 Å². The molecule has 10 atom stereocenters. The summed E-state index contributed by atoms with van der Waals surface area (Å²) in [6, 6.07) is 3.42. The van der Waals surface area contributed by atoms with E-state index in [1.807, 2.05) is 14.1 Å². The summed E-state index contributed by atoms with van der Waals surface area (Å²) < 4.78 is 63.6. The number of nitrogens with zero attached hydrogens (tertiary/aromatic N) is 2. The van der Waals surface area contributed by atoms with E-state index < -0.39 is 126 Å². The van der Waals surface area contributed by atoms with Crippen molar-refractivity contribution < 1.29 is 135 Å². The Morgan fingerprint density at radius 3 is 1.35 bits per heavy atom. The fourth-order valence-electron chi connectivity index (χ4n) is 9.29. The lowest BCUT2D eigenvalue weighted by atomic mass is 9.72. The molecule has 10 unspecified atom stereocenters. The Labute approximate surface area is 544 Å². The Morgan fingerprint density at radius 1 is 0.543 bits per heavy atom. The molecule has 4 aliphatic rings. The van der Waals surface area contributed by atoms with Gasteiger partial charge in [0.1, 0.15) is 99.0 Å². The molecule has 2 bridgehead atoms. The highest BCUT2D eigenvalue weighted by atomic mass is 16.6. The molecule has 5 heterocycles. The van der Waals surface area contributed by atoms with Crippen molar-refractivity contribution >= 4 is 59.7 Å². The van der Waals surface area contributed by atoms with Gasteiger partial charge in [-0.2, -0.15) is 0 Å². The second-order valence-electron chi connectivity index (χ2n) is 21.9. The smallest absolute Gasteiger partial charge is 0.407 e. The summed E-state index contributed by atoms with van der Waals surface area (Å²) in [7, 11) is 3.76. The van der Waals surface area contributed by atoms with E-state index in [1.165, 1.54) is 27.7 Å². The molecule has 10 N–H and O–H groups in total. The fourth-order valence-corrected chi connectivity index (χ4v) is 9.29. The van der Waals surface area contributed by atoms with Gasteiger partial charge in [0.15, 0.2) is 0 Å². The molecule has 0 radical (unpaired) electrons. The molecule has 6 amide bonds. The first-order chi connectivity index (χ1) is 44.9. The van der Waals surface area contributed by atoms with E-state index in [-0.39, 0.29) is 99.0 Å². The third kappa shape index (κ3) is 28.9. The van der Waals surface area contributed by atoms with E-state index in [0.29, 0.717) is 24.6 Å². The van der Waals surface area contributed by atoms with E-state index in [0.717, 1.165) is 73.6 Å². The van der Waals surface area contributed by atoms with Crippen LogP contribution in [0.4, 0.5) is 9.59 Å². The van der Waals surface area contributed by atoms with Gasteiger partial charge < -0.3 is 108 Å². The highest BCUT2D eigenvalue weighted by Crippen LogP contribution is 2.57. The largest absolute Gasteiger partial charge is 0.463 e. The Balaban J connectivity index is 0.000000420. The first kappa shape index (κ1) is 81.2. The number of esters is 4. The average Bonchev–Trinajstić information content (AvgIpc) is 1.52. The quantitative estimate of drug-likeness (QED) is 0.0107. The molecule has 532 valence electrons. The number of likely N-dealkylation sites (tertiary alicyclic amines) is 1. The number of nitrogens with one attached hydrogen (secondary N) is 4. The van der Waals surface area contributed by atoms with Crippen LogP contribution in [0, 0.1) is 11.8 Å². The van der Waals surface area contributed by atoms with Gasteiger partial charge in [-0.1, -0.05) is 25.0 Å². The van der Waals surface area contributed by atoms with E-state index in [9.17, 15) is 73.5 Å². The molecule has 2 saturated heterocycles. The van der Waals surface area contributed by atoms with Gasteiger partial charge in [0.2, 0.25) is 11.8 Å². The van der Waals surface area contributed by atoms with Crippen molar-refractivity contribution in [2.75, 3.05) is 133 Å². The van der Waals surface area contributed by atoms with Crippen LogP contribution >= 0.6 is 0 Å². The molecular formula is C60H94N6O28. The molecular weight excluding hydrogens is 1250 g/mol. The molecule has 94 heavy (non-hydrogen) atoms. The molecule has 2 fully saturated rings. The summed E-state index contributed by atoms with van der Waals surface area (Å²) in [5.41, 5.74) is -2.86. The van der Waals surface area contributed by atoms with Crippen molar-refractivity contribution in [3.8, 4) is 0 Å². The number of rotatable bonds is 44. The van der Waals surface area contributed by atoms with Gasteiger partial charge in [-0.3, -0.25) is 38.6 Å². The summed E-state index contributed by atoms with van der Waals surface area (Å²) in [6.07, 6.45) is 3.28. The normalized spacial score (nSPS) is 20.2. The van der Waals surface area contributed by atoms with Crippen LogP contribution in [0.3, 0.4) is 0 Å². The van der Waals surface area contributed by atoms with Crippen LogP contribution in [0.1, 0.15) is 77.7 Å². The van der Waals surface area contributed by atoms with E-state index in [1.54, 1.807) is 24.3 Å². The number of ether oxygens (including phenoxy) is 11. The second-order valence-corrected chi connectivity index (χ2v) is 21.9. The van der Waals surface area contributed by atoms with Crippen LogP contribution in [0.15, 0.2) is 40.9 Å². The minimum absolute atomic E-state index is 0.00310. The standard InChI is InChI=1S/C30H47N3O14.C21H36N2O9.C9H11NO5/c1-19(35)27(40)44-12-11-33-25(38)23-24(26(33)39)30(8-7-29(23,47-30)17-42-14-21(37)15-45-20(2)36)18-43-16-22(13-34)46-28(41)32-10-6-4-5-9-31-3;1-16(25)30-12-17(26)11-28-13-18-6-7-19(31-18)14-29-15-20(10-24)32-21(27)23-9-5-3-4-8-22-2;1-6(11)9(14)15-5-4-10-7(12)2-3-8(10)13/h7-8,19,21-24,31,34-35,37H,4-6,9-18H2,1-3H3,(H,32,41);6-7,17,20,22,24,26H,3-5,8-15H2,1-2H3,(H,23,27);2-3,6,11H,4-5H2,1H3. The molecule has 0 aromatic carbocycles. The summed E-state index contributed by atoms with van der Waals surface area (Å²) in [5, 5.41) is 68.4. The number of hydrogen-bond acceptors (Lipinski definition) is 30. The molecule has 0 spiro atoms. The zero-order valence-corrected chi connectivity index (χ0v) is 54.0. The summed E-state index contributed by atoms with van der Waals surface area (Å²) in [5.74, 6) is -5.80. The van der Waals surface area contributed by atoms with Crippen LogP contribution < -0.4 is 21.3 Å². The Bertz CT molecular complexity index is 2580. The third-order valence-electron chi connectivity index (χ3n) is 13.9. The van der Waals surface area contributed by atoms with Crippen LogP contribution in [-0.4, -0.2) is 281 Å². The van der Waals surface area contributed by atoms with Crippen molar-refractivity contribution in [2.45, 2.75) is 127 Å². The second kappa shape index (κ2) is 43.8. The van der Waals surface area contributed by atoms with Crippen molar-refractivity contribution in [3.05, 3.63) is 48.0 Å². The van der Waals surface area contributed by atoms with Crippen LogP contribution in [0.5, 0.6) is 0 Å². The Kier molecular flexibility index (Phi) is 37.8. The topological polar surface area (TPSA) is 461 Å². The summed E-state index contributed by atoms with van der Waals surface area (Å²) >= 11 is 0. The number of imide groups is 2. The van der Waals surface area contributed by atoms with Gasteiger partial charge in [-0.15, -0.1) is 0 Å². The van der Waals surface area contributed by atoms with Gasteiger partial charge in [-0.05, 0) is 78.8 Å². The van der Waals surface area contributed by atoms with Crippen LogP contribution in [0.25, 0.3) is 0 Å². The molecule has 0 saturated carbocycles. The van der Waals surface area contributed by atoms with Gasteiger partial charge in [0.05, 0.1) is 77.8 Å². The van der Waals surface area contributed by atoms with Gasteiger partial charge in [0.25, 0.3) is 11.8 Å². The number of amides is 6. The summed E-state index contributed by atoms with van der Waals surface area (Å²) in [6.45, 7) is 4.94. The van der Waals surface area contributed by atoms with Crippen LogP contribution in [-0.2, 0) is 104 Å². The Morgan fingerprint density at radius 2 is 0.936 bits per heavy atom. The fraction of sp³-hybridized carbons (Fsp3) is 0.700. The molecule has 0 aliphatic carbocycles. The maximum atomic E-state index is 13.7. The van der Waals surface area contributed by atoms with Gasteiger partial charge >= 0.3 is 36.1 Å². The number of carbonyl (C=O) groups excluding carboxylic acids is 10. The molecule has 4 aliphatic heterocycles. The summed E-state index contributed by atoms with van der Waals surface area (Å²) in [4.78, 5) is 119. The highest BCUT2D eigenvalue weighted by Gasteiger charge is 2.73. The van der Waals surface area contributed by atoms with Crippen molar-refractivity contribution in [1.29, 1.82) is 0 Å². The average molecular weight is 1350 g/mol. The number of hydrogen-bond donors (Lipinski definition) is 10. The first-order valence-electron chi connectivity index (χ1n) is 30.8. The number of unbranched alkanes of at least 4 members (excludes halogenated alkanes) is 4. The minimum atomic E-state index is -1.43. The lowest BCUT2D eigenvalue weighted by Crippen LogP contribution is -2.46. The number of carbonyl (C=O) groups is 10. The van der Waals surface area contributed by atoms with Crippen molar-refractivity contribution in [2.24, 2.45) is 11.8 Å². The molecule has 1 aromatic heterocycles. The highest BCUT2D eigenvalue weighted by molar-refractivity contribution is 6.13. The number of aliphatic hydroxyl groups excluding tert-OH is 6. The maximum absolute atomic E-state index is 13.7. The van der Waals surface area contributed by atoms with Gasteiger partial charge in [0, 0.05) is 39.1 Å². The van der Waals surface area contributed by atoms with Crippen molar-refractivity contribution in [3.63, 3.8) is 0 Å². The van der Waals surface area contributed by atoms with Gasteiger partial charge in [-0.25, -0.2) is 19.2 Å². The lowest BCUT2D eigenvalue weighted by molar-refractivity contribution is -0.162. The lowest BCUT2D eigenvalue weighted by Gasteiger charge is -2.30. The predicted octanol–water partition coefficient (Wildman–Crippen LogP) is -2.43. The number of alkyl carbamates (subject to hydrolysis) is 2. The maximum Gasteiger partial charge on any atom is 0.407 e. The third-order valence-corrected chi connectivity index (χ3v) is 13.9. The van der Waals surface area contributed by atoms with E-state index in [2.05, 4.69) is 30.7 Å². The molecule has 34 nitrogen and oxygen atoms in total.